The van der Waals surface area contributed by atoms with Gasteiger partial charge in [0.05, 0.1) is 13.2 Å². The van der Waals surface area contributed by atoms with Crippen LogP contribution in [0.25, 0.3) is 0 Å². The second-order valence-electron chi connectivity index (χ2n) is 9.39. The zero-order valence-corrected chi connectivity index (χ0v) is 21.7. The number of piperidine rings is 1. The number of hydrogen-bond donors (Lipinski definition) is 3. The van der Waals surface area contributed by atoms with Crippen LogP contribution >= 0.6 is 0 Å². The van der Waals surface area contributed by atoms with Gasteiger partial charge in [-0.05, 0) is 68.3 Å². The molecule has 11 nitrogen and oxygen atoms in total. The van der Waals surface area contributed by atoms with Crippen molar-refractivity contribution >= 4 is 34.9 Å². The quantitative estimate of drug-likeness (QED) is 0.393. The maximum absolute atomic E-state index is 12.1. The Balaban J connectivity index is 1.30. The van der Waals surface area contributed by atoms with Crippen LogP contribution in [-0.4, -0.2) is 77.7 Å². The molecule has 0 bridgehead atoms. The topological polar surface area (TPSA) is 134 Å². The van der Waals surface area contributed by atoms with E-state index in [9.17, 15) is 4.79 Å². The number of amidine groups is 1. The maximum Gasteiger partial charge on any atom is 0.273 e. The molecule has 1 aromatic heterocycles. The van der Waals surface area contributed by atoms with Gasteiger partial charge in [0.15, 0.2) is 11.5 Å². The molecule has 0 spiro atoms. The average molecular weight is 516 g/mol. The molecule has 0 radical (unpaired) electrons. The highest BCUT2D eigenvalue weighted by molar-refractivity contribution is 6.00. The van der Waals surface area contributed by atoms with E-state index in [4.69, 9.17) is 10.5 Å². The van der Waals surface area contributed by atoms with Gasteiger partial charge in [-0.1, -0.05) is 0 Å². The normalized spacial score (nSPS) is 17.2. The molecule has 2 aromatic carbocycles. The van der Waals surface area contributed by atoms with Gasteiger partial charge in [-0.25, -0.2) is 0 Å². The number of nitrogens with zero attached hydrogens (tertiary/aromatic N) is 6. The molecule has 0 aliphatic carbocycles. The molecule has 11 heteroatoms. The molecule has 0 unspecified atom stereocenters. The number of amides is 1. The summed E-state index contributed by atoms with van der Waals surface area (Å²) in [4.78, 5) is 25.5. The lowest BCUT2D eigenvalue weighted by Crippen LogP contribution is -2.43. The number of hydrogen-bond acceptors (Lipinski definition) is 10. The first-order valence-electron chi connectivity index (χ1n) is 12.9. The molecule has 1 saturated heterocycles. The van der Waals surface area contributed by atoms with Crippen molar-refractivity contribution in [3.05, 3.63) is 59.8 Å². The van der Waals surface area contributed by atoms with Crippen molar-refractivity contribution in [1.29, 1.82) is 0 Å². The largest absolute Gasteiger partial charge is 0.494 e. The number of carbonyl (C=O) groups is 1. The summed E-state index contributed by atoms with van der Waals surface area (Å²) in [5.41, 5.74) is 8.41. The lowest BCUT2D eigenvalue weighted by Gasteiger charge is -2.33. The standard InChI is InChI=1S/C27H33N9O2/c1-3-38-22-12-10-19(11-13-22)30-21-5-4-15-36(17-21)27-32-25(23(24(28)37)33-34-27)31-20-8-6-18(7-9-20)26-29-14-16-35(26)2/h6-13,21,30H,3-5,14-17H2,1-2H3,(H2,28,37)(H,31,32,34)/t21-/m1/s1. The van der Waals surface area contributed by atoms with E-state index in [1.807, 2.05) is 62.5 Å². The number of primary amides is 1. The molecule has 38 heavy (non-hydrogen) atoms. The number of nitrogens with two attached hydrogens (primary N) is 1. The zero-order chi connectivity index (χ0) is 26.5. The second-order valence-corrected chi connectivity index (χ2v) is 9.39. The third-order valence-corrected chi connectivity index (χ3v) is 6.61. The van der Waals surface area contributed by atoms with Crippen LogP contribution in [0.4, 0.5) is 23.1 Å². The lowest BCUT2D eigenvalue weighted by molar-refractivity contribution is 0.0995. The van der Waals surface area contributed by atoms with Crippen LogP contribution in [0.5, 0.6) is 5.75 Å². The monoisotopic (exact) mass is 515 g/mol. The van der Waals surface area contributed by atoms with Crippen LogP contribution < -0.4 is 26.0 Å². The molecular weight excluding hydrogens is 482 g/mol. The molecule has 1 atom stereocenters. The smallest absolute Gasteiger partial charge is 0.273 e. The number of carbonyl (C=O) groups excluding carboxylic acids is 1. The fraction of sp³-hybridized carbons (Fsp3) is 0.370. The maximum atomic E-state index is 12.1. The number of likely N-dealkylation sites (N-methyl/N-ethyl adjacent to an activating group) is 1. The number of anilines is 4. The van der Waals surface area contributed by atoms with Crippen LogP contribution in [-0.2, 0) is 0 Å². The third-order valence-electron chi connectivity index (χ3n) is 6.61. The molecule has 3 aromatic rings. The first-order valence-corrected chi connectivity index (χ1v) is 12.9. The second kappa shape index (κ2) is 11.3. The molecule has 3 heterocycles. The highest BCUT2D eigenvalue weighted by Crippen LogP contribution is 2.24. The predicted octanol–water partition coefficient (Wildman–Crippen LogP) is 2.89. The van der Waals surface area contributed by atoms with Crippen LogP contribution in [0.3, 0.4) is 0 Å². The van der Waals surface area contributed by atoms with Crippen molar-refractivity contribution in [2.24, 2.45) is 10.7 Å². The Labute approximate surface area is 222 Å². The fourth-order valence-electron chi connectivity index (χ4n) is 4.71. The van der Waals surface area contributed by atoms with Gasteiger partial charge in [0.2, 0.25) is 5.95 Å². The van der Waals surface area contributed by atoms with E-state index in [-0.39, 0.29) is 17.6 Å². The van der Waals surface area contributed by atoms with Crippen LogP contribution in [0.2, 0.25) is 0 Å². The fourth-order valence-corrected chi connectivity index (χ4v) is 4.71. The molecular formula is C27H33N9O2. The third kappa shape index (κ3) is 5.77. The average Bonchev–Trinajstić information content (AvgIpc) is 3.36. The zero-order valence-electron chi connectivity index (χ0n) is 21.7. The first kappa shape index (κ1) is 25.2. The Morgan fingerprint density at radius 2 is 1.84 bits per heavy atom. The van der Waals surface area contributed by atoms with E-state index >= 15 is 0 Å². The van der Waals surface area contributed by atoms with E-state index in [2.05, 4.69) is 40.6 Å². The number of aromatic nitrogens is 3. The number of benzene rings is 2. The van der Waals surface area contributed by atoms with Gasteiger partial charge in [-0.15, -0.1) is 10.2 Å². The van der Waals surface area contributed by atoms with Gasteiger partial charge in [-0.3, -0.25) is 9.79 Å². The van der Waals surface area contributed by atoms with Crippen molar-refractivity contribution in [3.8, 4) is 5.75 Å². The highest BCUT2D eigenvalue weighted by atomic mass is 16.5. The molecule has 0 saturated carbocycles. The lowest BCUT2D eigenvalue weighted by atomic mass is 10.1. The summed E-state index contributed by atoms with van der Waals surface area (Å²) >= 11 is 0. The molecule has 4 N–H and O–H groups in total. The molecule has 2 aliphatic rings. The minimum atomic E-state index is -0.689. The van der Waals surface area contributed by atoms with Crippen molar-refractivity contribution in [3.63, 3.8) is 0 Å². The predicted molar refractivity (Wildman–Crippen MR) is 149 cm³/mol. The summed E-state index contributed by atoms with van der Waals surface area (Å²) in [5, 5.41) is 15.2. The van der Waals surface area contributed by atoms with Crippen LogP contribution in [0.1, 0.15) is 35.8 Å². The SMILES string of the molecule is CCOc1ccc(N[C@@H]2CCCN(c3nnc(C(N)=O)c(Nc4ccc(C5=NCCN5C)cc4)n3)C2)cc1. The van der Waals surface area contributed by atoms with Gasteiger partial charge < -0.3 is 30.9 Å². The van der Waals surface area contributed by atoms with Crippen molar-refractivity contribution in [2.75, 3.05) is 55.4 Å². The summed E-state index contributed by atoms with van der Waals surface area (Å²) in [6.07, 6.45) is 1.99. The van der Waals surface area contributed by atoms with Gasteiger partial charge in [0, 0.05) is 49.7 Å². The van der Waals surface area contributed by atoms with E-state index in [1.165, 1.54) is 0 Å². The molecule has 1 fully saturated rings. The van der Waals surface area contributed by atoms with E-state index < -0.39 is 5.91 Å². The number of ether oxygens (including phenoxy) is 1. The van der Waals surface area contributed by atoms with Crippen molar-refractivity contribution < 1.29 is 9.53 Å². The Morgan fingerprint density at radius 1 is 1.08 bits per heavy atom. The number of aliphatic imine (C=N–C) groups is 1. The van der Waals surface area contributed by atoms with Gasteiger partial charge in [0.1, 0.15) is 11.6 Å². The van der Waals surface area contributed by atoms with Gasteiger partial charge >= 0.3 is 0 Å². The van der Waals surface area contributed by atoms with E-state index in [1.54, 1.807) is 0 Å². The van der Waals surface area contributed by atoms with Gasteiger partial charge in [0.25, 0.3) is 5.91 Å². The van der Waals surface area contributed by atoms with E-state index in [0.29, 0.717) is 19.1 Å². The van der Waals surface area contributed by atoms with Crippen molar-refractivity contribution in [2.45, 2.75) is 25.8 Å². The minimum Gasteiger partial charge on any atom is -0.494 e. The highest BCUT2D eigenvalue weighted by Gasteiger charge is 2.24. The molecule has 198 valence electrons. The Kier molecular flexibility index (Phi) is 7.52. The Morgan fingerprint density at radius 3 is 2.53 bits per heavy atom. The van der Waals surface area contributed by atoms with Gasteiger partial charge in [-0.2, -0.15) is 4.98 Å². The molecule has 1 amide bonds. The Bertz CT molecular complexity index is 1290. The summed E-state index contributed by atoms with van der Waals surface area (Å²) < 4.78 is 5.53. The van der Waals surface area contributed by atoms with E-state index in [0.717, 1.165) is 61.0 Å². The number of rotatable bonds is 9. The summed E-state index contributed by atoms with van der Waals surface area (Å²) in [6.45, 7) is 5.83. The summed E-state index contributed by atoms with van der Waals surface area (Å²) in [7, 11) is 2.03. The first-order chi connectivity index (χ1) is 18.5. The van der Waals surface area contributed by atoms with Crippen LogP contribution in [0, 0.1) is 0 Å². The molecule has 5 rings (SSSR count). The summed E-state index contributed by atoms with van der Waals surface area (Å²) in [6, 6.07) is 16.0. The van der Waals surface area contributed by atoms with Crippen molar-refractivity contribution in [1.82, 2.24) is 20.1 Å². The Hall–Kier alpha value is -4.41. The van der Waals surface area contributed by atoms with Crippen LogP contribution in [0.15, 0.2) is 53.5 Å². The number of nitrogens with one attached hydrogen (secondary N) is 2. The minimum absolute atomic E-state index is 0.00111. The molecule has 2 aliphatic heterocycles. The summed E-state index contributed by atoms with van der Waals surface area (Å²) in [5.74, 6) is 1.87.